The normalized spacial score (nSPS) is 10.6. The Morgan fingerprint density at radius 3 is 2.89 bits per heavy atom. The molecule has 96 valence electrons. The predicted octanol–water partition coefficient (Wildman–Crippen LogP) is 1.39. The third-order valence-corrected chi connectivity index (χ3v) is 2.47. The van der Waals surface area contributed by atoms with Gasteiger partial charge in [-0.2, -0.15) is 0 Å². The van der Waals surface area contributed by atoms with Gasteiger partial charge in [-0.3, -0.25) is 4.68 Å². The molecule has 0 aromatic carbocycles. The maximum absolute atomic E-state index is 5.08. The lowest BCUT2D eigenvalue weighted by molar-refractivity contribution is 0.189. The van der Waals surface area contributed by atoms with Gasteiger partial charge in [0, 0.05) is 26.3 Å². The summed E-state index contributed by atoms with van der Waals surface area (Å²) in [6.45, 7) is 1.50. The summed E-state index contributed by atoms with van der Waals surface area (Å²) in [5.41, 5.74) is 1.50. The van der Waals surface area contributed by atoms with Crippen molar-refractivity contribution in [3.05, 3.63) is 24.4 Å². The smallest absolute Gasteiger partial charge is 0.213 e. The fourth-order valence-corrected chi connectivity index (χ4v) is 1.57. The van der Waals surface area contributed by atoms with Gasteiger partial charge in [-0.05, 0) is 12.5 Å². The Kier molecular flexibility index (Phi) is 4.25. The Morgan fingerprint density at radius 1 is 1.22 bits per heavy atom. The SMILES string of the molecule is COCCCn1cc(-c2cccc(OC)n2)nn1. The van der Waals surface area contributed by atoms with Crippen molar-refractivity contribution in [1.82, 2.24) is 20.0 Å². The summed E-state index contributed by atoms with van der Waals surface area (Å²) in [4.78, 5) is 4.31. The van der Waals surface area contributed by atoms with Crippen LogP contribution < -0.4 is 4.74 Å². The van der Waals surface area contributed by atoms with Crippen LogP contribution in [-0.2, 0) is 11.3 Å². The largest absolute Gasteiger partial charge is 0.481 e. The van der Waals surface area contributed by atoms with Crippen LogP contribution in [0.25, 0.3) is 11.4 Å². The maximum Gasteiger partial charge on any atom is 0.213 e. The van der Waals surface area contributed by atoms with E-state index in [2.05, 4.69) is 15.3 Å². The molecule has 2 aromatic heterocycles. The fraction of sp³-hybridized carbons (Fsp3) is 0.417. The molecule has 0 spiro atoms. The molecule has 0 N–H and O–H groups in total. The van der Waals surface area contributed by atoms with Gasteiger partial charge in [0.1, 0.15) is 5.69 Å². The standard InChI is InChI=1S/C12H16N4O2/c1-17-8-4-7-16-9-11(14-15-16)10-5-3-6-12(13-10)18-2/h3,5-6,9H,4,7-8H2,1-2H3. The van der Waals surface area contributed by atoms with Crippen molar-refractivity contribution in [2.24, 2.45) is 0 Å². The van der Waals surface area contributed by atoms with Crippen LogP contribution in [0.1, 0.15) is 6.42 Å². The van der Waals surface area contributed by atoms with E-state index in [1.807, 2.05) is 18.3 Å². The highest BCUT2D eigenvalue weighted by atomic mass is 16.5. The number of pyridine rings is 1. The molecule has 0 saturated carbocycles. The number of aromatic nitrogens is 4. The van der Waals surface area contributed by atoms with Gasteiger partial charge in [-0.25, -0.2) is 4.98 Å². The Balaban J connectivity index is 2.08. The van der Waals surface area contributed by atoms with E-state index in [0.717, 1.165) is 24.4 Å². The Bertz CT molecular complexity index is 498. The van der Waals surface area contributed by atoms with Gasteiger partial charge in [0.2, 0.25) is 5.88 Å². The van der Waals surface area contributed by atoms with Crippen LogP contribution in [0.5, 0.6) is 5.88 Å². The molecule has 2 aromatic rings. The van der Waals surface area contributed by atoms with Gasteiger partial charge in [0.15, 0.2) is 0 Å². The fourth-order valence-electron chi connectivity index (χ4n) is 1.57. The summed E-state index contributed by atoms with van der Waals surface area (Å²) >= 11 is 0. The van der Waals surface area contributed by atoms with Crippen molar-refractivity contribution in [2.45, 2.75) is 13.0 Å². The highest BCUT2D eigenvalue weighted by molar-refractivity contribution is 5.52. The first-order chi connectivity index (χ1) is 8.83. The van der Waals surface area contributed by atoms with Crippen LogP contribution in [-0.4, -0.2) is 40.8 Å². The monoisotopic (exact) mass is 248 g/mol. The van der Waals surface area contributed by atoms with Gasteiger partial charge in [0.05, 0.1) is 19.0 Å². The molecule has 0 fully saturated rings. The minimum Gasteiger partial charge on any atom is -0.481 e. The van der Waals surface area contributed by atoms with Crippen molar-refractivity contribution >= 4 is 0 Å². The molecule has 0 radical (unpaired) electrons. The Hall–Kier alpha value is -1.95. The molecule has 0 aliphatic carbocycles. The number of ether oxygens (including phenoxy) is 2. The lowest BCUT2D eigenvalue weighted by Crippen LogP contribution is -2.01. The van der Waals surface area contributed by atoms with Crippen LogP contribution in [0.4, 0.5) is 0 Å². The molecule has 0 amide bonds. The van der Waals surface area contributed by atoms with Crippen molar-refractivity contribution in [1.29, 1.82) is 0 Å². The molecule has 0 aliphatic heterocycles. The van der Waals surface area contributed by atoms with Crippen molar-refractivity contribution in [3.63, 3.8) is 0 Å². The van der Waals surface area contributed by atoms with Gasteiger partial charge in [0.25, 0.3) is 0 Å². The molecule has 0 aliphatic rings. The van der Waals surface area contributed by atoms with Crippen LogP contribution in [0, 0.1) is 0 Å². The average molecular weight is 248 g/mol. The van der Waals surface area contributed by atoms with Crippen LogP contribution in [0.3, 0.4) is 0 Å². The van der Waals surface area contributed by atoms with E-state index in [1.165, 1.54) is 0 Å². The summed E-state index contributed by atoms with van der Waals surface area (Å²) in [6.07, 6.45) is 2.78. The van der Waals surface area contributed by atoms with Crippen molar-refractivity contribution in [2.75, 3.05) is 20.8 Å². The van der Waals surface area contributed by atoms with E-state index >= 15 is 0 Å². The first-order valence-electron chi connectivity index (χ1n) is 5.74. The Morgan fingerprint density at radius 2 is 2.11 bits per heavy atom. The third-order valence-electron chi connectivity index (χ3n) is 2.47. The maximum atomic E-state index is 5.08. The number of aryl methyl sites for hydroxylation is 1. The summed E-state index contributed by atoms with van der Waals surface area (Å²) < 4.78 is 11.9. The first kappa shape index (κ1) is 12.5. The molecule has 6 nitrogen and oxygen atoms in total. The average Bonchev–Trinajstić information content (AvgIpc) is 2.88. The van der Waals surface area contributed by atoms with E-state index in [4.69, 9.17) is 9.47 Å². The van der Waals surface area contributed by atoms with Gasteiger partial charge in [-0.1, -0.05) is 11.3 Å². The van der Waals surface area contributed by atoms with E-state index in [9.17, 15) is 0 Å². The minimum absolute atomic E-state index is 0.571. The van der Waals surface area contributed by atoms with Crippen molar-refractivity contribution < 1.29 is 9.47 Å². The van der Waals surface area contributed by atoms with Crippen molar-refractivity contribution in [3.8, 4) is 17.3 Å². The van der Waals surface area contributed by atoms with E-state index in [-0.39, 0.29) is 0 Å². The first-order valence-corrected chi connectivity index (χ1v) is 5.74. The zero-order valence-corrected chi connectivity index (χ0v) is 10.5. The second-order valence-corrected chi connectivity index (χ2v) is 3.78. The minimum atomic E-state index is 0.571. The van der Waals surface area contributed by atoms with Gasteiger partial charge >= 0.3 is 0 Å². The molecule has 0 bridgehead atoms. The number of hydrogen-bond acceptors (Lipinski definition) is 5. The van der Waals surface area contributed by atoms with Crippen LogP contribution in [0.2, 0.25) is 0 Å². The molecule has 0 unspecified atom stereocenters. The van der Waals surface area contributed by atoms with Crippen LogP contribution in [0.15, 0.2) is 24.4 Å². The number of rotatable bonds is 6. The van der Waals surface area contributed by atoms with Gasteiger partial charge < -0.3 is 9.47 Å². The number of methoxy groups -OCH3 is 2. The second-order valence-electron chi connectivity index (χ2n) is 3.78. The highest BCUT2D eigenvalue weighted by Gasteiger charge is 2.06. The molecular formula is C12H16N4O2. The molecule has 2 rings (SSSR count). The van der Waals surface area contributed by atoms with Crippen LogP contribution >= 0.6 is 0 Å². The topological polar surface area (TPSA) is 62.1 Å². The predicted molar refractivity (Wildman–Crippen MR) is 66.3 cm³/mol. The lowest BCUT2D eigenvalue weighted by Gasteiger charge is -2.00. The molecule has 0 atom stereocenters. The van der Waals surface area contributed by atoms with Gasteiger partial charge in [-0.15, -0.1) is 5.10 Å². The van der Waals surface area contributed by atoms with E-state index in [0.29, 0.717) is 12.5 Å². The summed E-state index contributed by atoms with van der Waals surface area (Å²) in [6, 6.07) is 5.56. The molecule has 6 heteroatoms. The summed E-state index contributed by atoms with van der Waals surface area (Å²) in [5.74, 6) is 0.571. The second kappa shape index (κ2) is 6.11. The number of nitrogens with zero attached hydrogens (tertiary/aromatic N) is 4. The summed E-state index contributed by atoms with van der Waals surface area (Å²) in [7, 11) is 3.28. The zero-order valence-electron chi connectivity index (χ0n) is 10.5. The molecule has 18 heavy (non-hydrogen) atoms. The number of hydrogen-bond donors (Lipinski definition) is 0. The van der Waals surface area contributed by atoms with E-state index in [1.54, 1.807) is 25.0 Å². The molecule has 0 saturated heterocycles. The summed E-state index contributed by atoms with van der Waals surface area (Å²) in [5, 5.41) is 8.14. The van der Waals surface area contributed by atoms with E-state index < -0.39 is 0 Å². The zero-order chi connectivity index (χ0) is 12.8. The lowest BCUT2D eigenvalue weighted by atomic mass is 10.3. The quantitative estimate of drug-likeness (QED) is 0.723. The third kappa shape index (κ3) is 3.04. The molecular weight excluding hydrogens is 232 g/mol. The Labute approximate surface area is 106 Å². The molecule has 2 heterocycles. The highest BCUT2D eigenvalue weighted by Crippen LogP contribution is 2.16.